The van der Waals surface area contributed by atoms with Crippen LogP contribution in [0.3, 0.4) is 0 Å². The van der Waals surface area contributed by atoms with Crippen LogP contribution in [0.2, 0.25) is 0 Å². The predicted molar refractivity (Wildman–Crippen MR) is 73.5 cm³/mol. The second-order valence-corrected chi connectivity index (χ2v) is 6.19. The van der Waals surface area contributed by atoms with Crippen molar-refractivity contribution in [2.45, 2.75) is 43.9 Å². The molecule has 0 bridgehead atoms. The van der Waals surface area contributed by atoms with E-state index in [0.29, 0.717) is 0 Å². The van der Waals surface area contributed by atoms with Crippen molar-refractivity contribution in [3.63, 3.8) is 0 Å². The van der Waals surface area contributed by atoms with Gasteiger partial charge in [0.1, 0.15) is 6.29 Å². The topological polar surface area (TPSA) is 17.1 Å². The lowest BCUT2D eigenvalue weighted by atomic mass is 9.77. The Morgan fingerprint density at radius 3 is 2.41 bits per heavy atom. The third-order valence-corrected chi connectivity index (χ3v) is 4.97. The Bertz CT molecular complexity index is 363. The molecule has 0 N–H and O–H groups in total. The van der Waals surface area contributed by atoms with E-state index in [2.05, 4.69) is 31.2 Å². The number of benzene rings is 1. The van der Waals surface area contributed by atoms with Gasteiger partial charge in [-0.15, -0.1) is 11.8 Å². The Labute approximate surface area is 108 Å². The summed E-state index contributed by atoms with van der Waals surface area (Å²) in [6.07, 6.45) is 7.10. The number of aldehydes is 1. The van der Waals surface area contributed by atoms with Crippen LogP contribution in [0, 0.1) is 12.3 Å². The van der Waals surface area contributed by atoms with Gasteiger partial charge in [-0.3, -0.25) is 0 Å². The molecular formula is C15H20OS. The Morgan fingerprint density at radius 2 is 1.82 bits per heavy atom. The lowest BCUT2D eigenvalue weighted by molar-refractivity contribution is -0.116. The molecular weight excluding hydrogens is 228 g/mol. The third kappa shape index (κ3) is 3.35. The van der Waals surface area contributed by atoms with Crippen molar-refractivity contribution in [2.75, 3.05) is 5.75 Å². The Hall–Kier alpha value is -0.760. The standard InChI is InChI=1S/C15H20OS/c1-13-5-7-14(8-6-13)17-12-15(11-16)9-3-2-4-10-15/h5-8,11H,2-4,9-10,12H2,1H3. The van der Waals surface area contributed by atoms with Crippen LogP contribution in [-0.2, 0) is 4.79 Å². The zero-order valence-electron chi connectivity index (χ0n) is 10.4. The summed E-state index contributed by atoms with van der Waals surface area (Å²) < 4.78 is 0. The third-order valence-electron chi connectivity index (χ3n) is 3.65. The molecule has 0 aromatic heterocycles. The fourth-order valence-corrected chi connectivity index (χ4v) is 3.55. The van der Waals surface area contributed by atoms with Crippen molar-refractivity contribution in [1.82, 2.24) is 0 Å². The summed E-state index contributed by atoms with van der Waals surface area (Å²) in [5.74, 6) is 0.944. The van der Waals surface area contributed by atoms with Crippen LogP contribution < -0.4 is 0 Å². The van der Waals surface area contributed by atoms with Gasteiger partial charge in [-0.05, 0) is 31.9 Å². The maximum atomic E-state index is 11.3. The van der Waals surface area contributed by atoms with Crippen LogP contribution in [0.25, 0.3) is 0 Å². The summed E-state index contributed by atoms with van der Waals surface area (Å²) in [5.41, 5.74) is 1.24. The van der Waals surface area contributed by atoms with Crippen LogP contribution in [0.4, 0.5) is 0 Å². The number of thioether (sulfide) groups is 1. The molecule has 0 spiro atoms. The van der Waals surface area contributed by atoms with Gasteiger partial charge in [-0.2, -0.15) is 0 Å². The maximum Gasteiger partial charge on any atom is 0.126 e. The minimum atomic E-state index is -0.0478. The van der Waals surface area contributed by atoms with Gasteiger partial charge in [0.05, 0.1) is 0 Å². The van der Waals surface area contributed by atoms with Gasteiger partial charge in [0.15, 0.2) is 0 Å². The average molecular weight is 248 g/mol. The fourth-order valence-electron chi connectivity index (χ4n) is 2.41. The summed E-state index contributed by atoms with van der Waals surface area (Å²) >= 11 is 1.83. The summed E-state index contributed by atoms with van der Waals surface area (Å²) in [6.45, 7) is 2.10. The van der Waals surface area contributed by atoms with E-state index in [1.165, 1.54) is 36.0 Å². The molecule has 92 valence electrons. The van der Waals surface area contributed by atoms with E-state index in [-0.39, 0.29) is 5.41 Å². The van der Waals surface area contributed by atoms with Gasteiger partial charge in [0.2, 0.25) is 0 Å². The smallest absolute Gasteiger partial charge is 0.126 e. The summed E-state index contributed by atoms with van der Waals surface area (Å²) in [7, 11) is 0. The molecule has 1 nitrogen and oxygen atoms in total. The SMILES string of the molecule is Cc1ccc(SCC2(C=O)CCCCC2)cc1. The molecule has 1 aliphatic carbocycles. The molecule has 1 fully saturated rings. The van der Waals surface area contributed by atoms with E-state index in [1.807, 2.05) is 11.8 Å². The first-order valence-corrected chi connectivity index (χ1v) is 7.38. The van der Waals surface area contributed by atoms with E-state index in [4.69, 9.17) is 0 Å². The molecule has 17 heavy (non-hydrogen) atoms. The van der Waals surface area contributed by atoms with Crippen molar-refractivity contribution >= 4 is 18.0 Å². The van der Waals surface area contributed by atoms with E-state index >= 15 is 0 Å². The van der Waals surface area contributed by atoms with Gasteiger partial charge in [-0.25, -0.2) is 0 Å². The monoisotopic (exact) mass is 248 g/mol. The van der Waals surface area contributed by atoms with E-state index in [1.54, 1.807) is 0 Å². The molecule has 0 atom stereocenters. The molecule has 0 unspecified atom stereocenters. The molecule has 1 aromatic rings. The number of rotatable bonds is 4. The first kappa shape index (κ1) is 12.7. The van der Waals surface area contributed by atoms with Crippen LogP contribution in [0.1, 0.15) is 37.7 Å². The molecule has 0 radical (unpaired) electrons. The van der Waals surface area contributed by atoms with Gasteiger partial charge in [0, 0.05) is 16.1 Å². The maximum absolute atomic E-state index is 11.3. The van der Waals surface area contributed by atoms with Gasteiger partial charge >= 0.3 is 0 Å². The number of carbonyl (C=O) groups excluding carboxylic acids is 1. The van der Waals surface area contributed by atoms with Gasteiger partial charge in [0.25, 0.3) is 0 Å². The molecule has 0 saturated heterocycles. The van der Waals surface area contributed by atoms with Crippen LogP contribution >= 0.6 is 11.8 Å². The minimum Gasteiger partial charge on any atom is -0.303 e. The number of hydrogen-bond acceptors (Lipinski definition) is 2. The zero-order valence-corrected chi connectivity index (χ0v) is 11.3. The Balaban J connectivity index is 1.95. The number of carbonyl (C=O) groups is 1. The number of hydrogen-bond donors (Lipinski definition) is 0. The largest absolute Gasteiger partial charge is 0.303 e. The van der Waals surface area contributed by atoms with Crippen LogP contribution in [0.5, 0.6) is 0 Å². The predicted octanol–water partition coefficient (Wildman–Crippen LogP) is 4.24. The quantitative estimate of drug-likeness (QED) is 0.585. The highest BCUT2D eigenvalue weighted by Crippen LogP contribution is 2.38. The normalized spacial score (nSPS) is 18.9. The summed E-state index contributed by atoms with van der Waals surface area (Å²) in [6, 6.07) is 8.58. The Morgan fingerprint density at radius 1 is 1.18 bits per heavy atom. The molecule has 2 heteroatoms. The molecule has 1 aromatic carbocycles. The first-order valence-electron chi connectivity index (χ1n) is 6.40. The second-order valence-electron chi connectivity index (χ2n) is 5.14. The van der Waals surface area contributed by atoms with Crippen molar-refractivity contribution in [3.05, 3.63) is 29.8 Å². The van der Waals surface area contributed by atoms with Crippen molar-refractivity contribution in [3.8, 4) is 0 Å². The molecule has 0 amide bonds. The summed E-state index contributed by atoms with van der Waals surface area (Å²) in [5, 5.41) is 0. The fraction of sp³-hybridized carbons (Fsp3) is 0.533. The van der Waals surface area contributed by atoms with Gasteiger partial charge in [-0.1, -0.05) is 37.0 Å². The second kappa shape index (κ2) is 5.72. The molecule has 0 heterocycles. The highest BCUT2D eigenvalue weighted by molar-refractivity contribution is 7.99. The molecule has 2 rings (SSSR count). The lowest BCUT2D eigenvalue weighted by Crippen LogP contribution is -2.28. The molecule has 0 aliphatic heterocycles. The van der Waals surface area contributed by atoms with Crippen LogP contribution in [0.15, 0.2) is 29.2 Å². The van der Waals surface area contributed by atoms with Crippen molar-refractivity contribution < 1.29 is 4.79 Å². The zero-order chi connectivity index (χ0) is 12.1. The van der Waals surface area contributed by atoms with E-state index in [0.717, 1.165) is 18.6 Å². The highest BCUT2D eigenvalue weighted by Gasteiger charge is 2.31. The minimum absolute atomic E-state index is 0.0478. The van der Waals surface area contributed by atoms with Crippen LogP contribution in [-0.4, -0.2) is 12.0 Å². The highest BCUT2D eigenvalue weighted by atomic mass is 32.2. The summed E-state index contributed by atoms with van der Waals surface area (Å²) in [4.78, 5) is 12.6. The number of aryl methyl sites for hydroxylation is 1. The Kier molecular flexibility index (Phi) is 4.27. The lowest BCUT2D eigenvalue weighted by Gasteiger charge is -2.31. The van der Waals surface area contributed by atoms with E-state index < -0.39 is 0 Å². The van der Waals surface area contributed by atoms with Crippen molar-refractivity contribution in [2.24, 2.45) is 5.41 Å². The first-order chi connectivity index (χ1) is 8.24. The van der Waals surface area contributed by atoms with Gasteiger partial charge < -0.3 is 4.79 Å². The average Bonchev–Trinajstić information content (AvgIpc) is 2.39. The molecule has 1 saturated carbocycles. The van der Waals surface area contributed by atoms with E-state index in [9.17, 15) is 4.79 Å². The van der Waals surface area contributed by atoms with Crippen molar-refractivity contribution in [1.29, 1.82) is 0 Å². The molecule has 1 aliphatic rings.